The van der Waals surface area contributed by atoms with Gasteiger partial charge in [0.15, 0.2) is 4.29 Å². The first-order valence-corrected chi connectivity index (χ1v) is 1.70. The molecule has 0 spiro atoms. The maximum absolute atomic E-state index is 8.79. The summed E-state index contributed by atoms with van der Waals surface area (Å²) in [4.78, 5) is 8.79. The average Bonchev–Trinajstić information content (AvgIpc) is 0.918. The smallest absolute Gasteiger partial charge is 0.292 e. The Hall–Kier alpha value is 0.932. The third-order valence-electron chi connectivity index (χ3n) is 0. The van der Waals surface area contributed by atoms with Gasteiger partial charge < -0.3 is 0 Å². The van der Waals surface area contributed by atoms with Crippen LogP contribution in [0, 0.1) is 0 Å². The maximum atomic E-state index is 8.79. The molecule has 0 fully saturated rings. The maximum Gasteiger partial charge on any atom is 3.00 e. The predicted molar refractivity (Wildman–Crippen MR) is 26.5 cm³/mol. The Kier molecular flexibility index (Phi) is 20.1. The minimum absolute atomic E-state index is 0. The summed E-state index contributed by atoms with van der Waals surface area (Å²) in [6.45, 7) is 0. The quantitative estimate of drug-likeness (QED) is 0.227. The summed E-state index contributed by atoms with van der Waals surface area (Å²) in [5.74, 6) is 0. The first-order chi connectivity index (χ1) is 1.41. The van der Waals surface area contributed by atoms with Gasteiger partial charge in [-0.15, -0.1) is 0 Å². The molecule has 4 heavy (non-hydrogen) atoms. The first kappa shape index (κ1) is 8.87. The van der Waals surface area contributed by atoms with Crippen LogP contribution in [0.5, 0.6) is 0 Å². The van der Waals surface area contributed by atoms with E-state index in [1.165, 1.54) is 0 Å². The van der Waals surface area contributed by atoms with E-state index in [1.54, 1.807) is 22.6 Å². The standard InChI is InChI=1S/CHIO.Al/c2-1-3;/h1H;/q;+3. The summed E-state index contributed by atoms with van der Waals surface area (Å²) in [7, 11) is 0. The van der Waals surface area contributed by atoms with Gasteiger partial charge in [-0.3, -0.25) is 4.79 Å². The number of halogens is 1. The molecule has 0 aromatic heterocycles. The van der Waals surface area contributed by atoms with Crippen molar-refractivity contribution in [3.63, 3.8) is 0 Å². The van der Waals surface area contributed by atoms with Crippen molar-refractivity contribution in [1.82, 2.24) is 0 Å². The van der Waals surface area contributed by atoms with Gasteiger partial charge in [0.25, 0.3) is 0 Å². The minimum Gasteiger partial charge on any atom is -0.292 e. The van der Waals surface area contributed by atoms with Gasteiger partial charge in [0.1, 0.15) is 0 Å². The summed E-state index contributed by atoms with van der Waals surface area (Å²) in [6.07, 6.45) is 0. The summed E-state index contributed by atoms with van der Waals surface area (Å²) in [5, 5.41) is 0. The van der Waals surface area contributed by atoms with Crippen molar-refractivity contribution >= 4 is 44.2 Å². The fourth-order valence-electron chi connectivity index (χ4n) is 0. The van der Waals surface area contributed by atoms with E-state index >= 15 is 0 Å². The molecule has 0 saturated carbocycles. The van der Waals surface area contributed by atoms with E-state index in [0.717, 1.165) is 4.29 Å². The third kappa shape index (κ3) is 12.6. The van der Waals surface area contributed by atoms with Gasteiger partial charge in [-0.2, -0.15) is 0 Å². The van der Waals surface area contributed by atoms with Crippen LogP contribution in [0.1, 0.15) is 0 Å². The molecule has 0 aliphatic heterocycles. The second kappa shape index (κ2) is 9.06. The van der Waals surface area contributed by atoms with E-state index in [0.29, 0.717) is 0 Å². The van der Waals surface area contributed by atoms with Crippen molar-refractivity contribution in [2.45, 2.75) is 0 Å². The van der Waals surface area contributed by atoms with Crippen LogP contribution in [-0.2, 0) is 4.79 Å². The largest absolute Gasteiger partial charge is 3.00 e. The van der Waals surface area contributed by atoms with Crippen LogP contribution in [0.3, 0.4) is 0 Å². The van der Waals surface area contributed by atoms with E-state index in [9.17, 15) is 0 Å². The molecule has 0 saturated heterocycles. The number of hydrogen-bond acceptors (Lipinski definition) is 1. The minimum atomic E-state index is 0. The molecule has 18 valence electrons. The Labute approximate surface area is 49.0 Å². The summed E-state index contributed by atoms with van der Waals surface area (Å²) in [5.41, 5.74) is 0. The van der Waals surface area contributed by atoms with Crippen molar-refractivity contribution in [2.24, 2.45) is 0 Å². The van der Waals surface area contributed by atoms with Gasteiger partial charge in [-0.1, -0.05) is 0 Å². The monoisotopic (exact) mass is 183 g/mol. The van der Waals surface area contributed by atoms with Crippen LogP contribution >= 0.6 is 22.6 Å². The molecular formula is CHAlIO+3. The second-order valence-electron chi connectivity index (χ2n) is 0.0891. The molecule has 0 aliphatic rings. The molecule has 0 aliphatic carbocycles. The molecule has 0 unspecified atom stereocenters. The van der Waals surface area contributed by atoms with Gasteiger partial charge in [0, 0.05) is 0 Å². The van der Waals surface area contributed by atoms with E-state index in [2.05, 4.69) is 0 Å². The van der Waals surface area contributed by atoms with Crippen molar-refractivity contribution < 1.29 is 4.79 Å². The van der Waals surface area contributed by atoms with Crippen LogP contribution in [0.4, 0.5) is 0 Å². The normalized spacial score (nSPS) is 3.25. The van der Waals surface area contributed by atoms with Gasteiger partial charge in [-0.05, 0) is 22.6 Å². The third-order valence-corrected chi connectivity index (χ3v) is 0. The Balaban J connectivity index is 0. The van der Waals surface area contributed by atoms with E-state index in [1.807, 2.05) is 0 Å². The molecule has 1 nitrogen and oxygen atoms in total. The zero-order chi connectivity index (χ0) is 2.71. The molecule has 0 bridgehead atoms. The topological polar surface area (TPSA) is 17.1 Å². The molecule has 0 aromatic carbocycles. The van der Waals surface area contributed by atoms with Crippen molar-refractivity contribution in [3.8, 4) is 0 Å². The Bertz CT molecular complexity index is 15.5. The molecule has 0 amide bonds. The average molecular weight is 183 g/mol. The fraction of sp³-hybridized carbons (Fsp3) is 0. The second-order valence-corrected chi connectivity index (χ2v) is 0.598. The van der Waals surface area contributed by atoms with Crippen molar-refractivity contribution in [2.75, 3.05) is 0 Å². The molecule has 0 heterocycles. The van der Waals surface area contributed by atoms with Crippen molar-refractivity contribution in [1.29, 1.82) is 0 Å². The predicted octanol–water partition coefficient (Wildman–Crippen LogP) is 0.231. The van der Waals surface area contributed by atoms with E-state index < -0.39 is 0 Å². The fourth-order valence-corrected chi connectivity index (χ4v) is 0. The van der Waals surface area contributed by atoms with E-state index in [-0.39, 0.29) is 17.4 Å². The SMILES string of the molecule is O=CI.[Al+3]. The molecule has 3 heteroatoms. The van der Waals surface area contributed by atoms with Crippen molar-refractivity contribution in [3.05, 3.63) is 0 Å². The molecule has 0 N–H and O–H groups in total. The zero-order valence-electron chi connectivity index (χ0n) is 1.94. The van der Waals surface area contributed by atoms with E-state index in [4.69, 9.17) is 4.79 Å². The Morgan fingerprint density at radius 3 is 1.75 bits per heavy atom. The van der Waals surface area contributed by atoms with Gasteiger partial charge in [0.05, 0.1) is 0 Å². The number of hydrogen-bond donors (Lipinski definition) is 0. The summed E-state index contributed by atoms with van der Waals surface area (Å²) >= 11 is 1.61. The van der Waals surface area contributed by atoms with Crippen LogP contribution < -0.4 is 0 Å². The molecule has 0 rings (SSSR count). The van der Waals surface area contributed by atoms with Gasteiger partial charge >= 0.3 is 17.4 Å². The van der Waals surface area contributed by atoms with Crippen LogP contribution in [-0.4, -0.2) is 21.7 Å². The molecular weight excluding hydrogens is 182 g/mol. The summed E-state index contributed by atoms with van der Waals surface area (Å²) < 4.78 is 0.720. The first-order valence-electron chi connectivity index (χ1n) is 0.454. The Morgan fingerprint density at radius 2 is 1.75 bits per heavy atom. The van der Waals surface area contributed by atoms with Gasteiger partial charge in [0.2, 0.25) is 0 Å². The zero-order valence-corrected chi connectivity index (χ0v) is 5.25. The number of carbonyl (C=O) groups excluding carboxylic acids is 1. The number of rotatable bonds is 0. The summed E-state index contributed by atoms with van der Waals surface area (Å²) in [6, 6.07) is 0. The molecule has 0 atom stereocenters. The molecule has 0 aromatic rings. The molecule has 0 radical (unpaired) electrons. The van der Waals surface area contributed by atoms with Gasteiger partial charge in [-0.25, -0.2) is 0 Å². The van der Waals surface area contributed by atoms with Crippen LogP contribution in [0.15, 0.2) is 0 Å². The Morgan fingerprint density at radius 1 is 1.75 bits per heavy atom. The van der Waals surface area contributed by atoms with Crippen LogP contribution in [0.2, 0.25) is 0 Å². The van der Waals surface area contributed by atoms with Crippen LogP contribution in [0.25, 0.3) is 0 Å². The number of carbonyl (C=O) groups is 1.